The molecule has 5 nitrogen and oxygen atoms in total. The summed E-state index contributed by atoms with van der Waals surface area (Å²) in [6.07, 6.45) is 2.93. The number of aryl methyl sites for hydroxylation is 1. The first-order chi connectivity index (χ1) is 9.92. The van der Waals surface area contributed by atoms with Crippen LogP contribution in [0.5, 0.6) is 0 Å². The minimum Gasteiger partial charge on any atom is -0.481 e. The number of nitrogens with zero attached hydrogens (tertiary/aromatic N) is 2. The fourth-order valence-electron chi connectivity index (χ4n) is 2.24. The topological polar surface area (TPSA) is 75.1 Å². The molecule has 1 aromatic heterocycles. The van der Waals surface area contributed by atoms with E-state index >= 15 is 0 Å². The Labute approximate surface area is 127 Å². The maximum atomic E-state index is 10.6. The van der Waals surface area contributed by atoms with Crippen LogP contribution < -0.4 is 5.32 Å². The highest BCUT2D eigenvalue weighted by Gasteiger charge is 2.10. The quantitative estimate of drug-likeness (QED) is 0.727. The summed E-state index contributed by atoms with van der Waals surface area (Å²) in [7, 11) is 0. The maximum absolute atomic E-state index is 10.6. The summed E-state index contributed by atoms with van der Waals surface area (Å²) in [5.41, 5.74) is 2.01. The first kappa shape index (κ1) is 17.4. The number of carboxylic acid groups (broad SMARTS) is 1. The van der Waals surface area contributed by atoms with E-state index in [9.17, 15) is 4.79 Å². The number of carboxylic acids is 1. The van der Waals surface area contributed by atoms with Crippen molar-refractivity contribution in [1.82, 2.24) is 9.97 Å². The van der Waals surface area contributed by atoms with Crippen molar-refractivity contribution >= 4 is 11.9 Å². The maximum Gasteiger partial charge on any atom is 0.303 e. The Bertz CT molecular complexity index is 461. The molecular formula is C16H27N3O2. The van der Waals surface area contributed by atoms with Gasteiger partial charge in [0.1, 0.15) is 0 Å². The van der Waals surface area contributed by atoms with Gasteiger partial charge in [0.15, 0.2) is 0 Å². The van der Waals surface area contributed by atoms with E-state index in [0.29, 0.717) is 17.8 Å². The number of aromatic nitrogens is 2. The molecule has 1 heterocycles. The molecule has 0 aliphatic rings. The van der Waals surface area contributed by atoms with Crippen LogP contribution in [0.25, 0.3) is 0 Å². The summed E-state index contributed by atoms with van der Waals surface area (Å²) in [5.74, 6) is 0.769. The lowest BCUT2D eigenvalue weighted by Gasteiger charge is -2.15. The summed E-state index contributed by atoms with van der Waals surface area (Å²) in [4.78, 5) is 19.5. The predicted octanol–water partition coefficient (Wildman–Crippen LogP) is 3.60. The molecule has 0 saturated heterocycles. The highest BCUT2D eigenvalue weighted by atomic mass is 16.4. The standard InChI is InChI=1S/C16H27N3O2/c1-5-13(6-7-15(20)21)8-9-17-16-18-12(4)10-14(19-16)11(2)3/h10-11,13H,5-9H2,1-4H3,(H,20,21)(H,17,18,19). The van der Waals surface area contributed by atoms with E-state index in [2.05, 4.69) is 36.1 Å². The van der Waals surface area contributed by atoms with Crippen LogP contribution in [0.1, 0.15) is 63.8 Å². The zero-order chi connectivity index (χ0) is 15.8. The Balaban J connectivity index is 2.49. The van der Waals surface area contributed by atoms with Crippen LogP contribution in [0.3, 0.4) is 0 Å². The van der Waals surface area contributed by atoms with Crippen LogP contribution in [0, 0.1) is 12.8 Å². The molecule has 21 heavy (non-hydrogen) atoms. The lowest BCUT2D eigenvalue weighted by atomic mass is 9.97. The lowest BCUT2D eigenvalue weighted by Crippen LogP contribution is -2.13. The van der Waals surface area contributed by atoms with Crippen molar-refractivity contribution < 1.29 is 9.90 Å². The summed E-state index contributed by atoms with van der Waals surface area (Å²) < 4.78 is 0. The molecular weight excluding hydrogens is 266 g/mol. The van der Waals surface area contributed by atoms with Crippen molar-refractivity contribution in [3.8, 4) is 0 Å². The number of hydrogen-bond donors (Lipinski definition) is 2. The molecule has 0 amide bonds. The monoisotopic (exact) mass is 293 g/mol. The van der Waals surface area contributed by atoms with Crippen molar-refractivity contribution in [2.75, 3.05) is 11.9 Å². The van der Waals surface area contributed by atoms with Gasteiger partial charge >= 0.3 is 5.97 Å². The normalized spacial score (nSPS) is 12.4. The third-order valence-corrected chi connectivity index (χ3v) is 3.65. The molecule has 0 aliphatic heterocycles. The first-order valence-electron chi connectivity index (χ1n) is 7.73. The summed E-state index contributed by atoms with van der Waals surface area (Å²) in [6, 6.07) is 2.01. The third-order valence-electron chi connectivity index (χ3n) is 3.65. The van der Waals surface area contributed by atoms with Gasteiger partial charge in [-0.05, 0) is 37.7 Å². The molecule has 5 heteroatoms. The zero-order valence-corrected chi connectivity index (χ0v) is 13.5. The number of aliphatic carboxylic acids is 1. The molecule has 2 N–H and O–H groups in total. The zero-order valence-electron chi connectivity index (χ0n) is 13.5. The molecule has 0 aromatic carbocycles. The van der Waals surface area contributed by atoms with Gasteiger partial charge in [-0.25, -0.2) is 9.97 Å². The minimum atomic E-state index is -0.718. The molecule has 1 atom stereocenters. The Morgan fingerprint density at radius 1 is 1.33 bits per heavy atom. The van der Waals surface area contributed by atoms with E-state index in [1.54, 1.807) is 0 Å². The Morgan fingerprint density at radius 3 is 2.62 bits per heavy atom. The van der Waals surface area contributed by atoms with Crippen LogP contribution in [-0.4, -0.2) is 27.6 Å². The summed E-state index contributed by atoms with van der Waals surface area (Å²) in [5, 5.41) is 12.0. The smallest absolute Gasteiger partial charge is 0.303 e. The second-order valence-electron chi connectivity index (χ2n) is 5.83. The molecule has 0 radical (unpaired) electrons. The second kappa shape index (κ2) is 8.60. The average Bonchev–Trinajstić information content (AvgIpc) is 2.41. The highest BCUT2D eigenvalue weighted by molar-refractivity contribution is 5.66. The Kier molecular flexibility index (Phi) is 7.12. The van der Waals surface area contributed by atoms with E-state index in [0.717, 1.165) is 37.2 Å². The van der Waals surface area contributed by atoms with Crippen molar-refractivity contribution in [1.29, 1.82) is 0 Å². The van der Waals surface area contributed by atoms with Crippen molar-refractivity contribution in [3.05, 3.63) is 17.5 Å². The van der Waals surface area contributed by atoms with Crippen molar-refractivity contribution in [3.63, 3.8) is 0 Å². The van der Waals surface area contributed by atoms with E-state index in [4.69, 9.17) is 5.11 Å². The van der Waals surface area contributed by atoms with Gasteiger partial charge in [-0.3, -0.25) is 4.79 Å². The predicted molar refractivity (Wildman–Crippen MR) is 84.6 cm³/mol. The van der Waals surface area contributed by atoms with Crippen molar-refractivity contribution in [2.24, 2.45) is 5.92 Å². The van der Waals surface area contributed by atoms with Gasteiger partial charge in [-0.2, -0.15) is 0 Å². The molecule has 118 valence electrons. The minimum absolute atomic E-state index is 0.247. The van der Waals surface area contributed by atoms with Crippen LogP contribution in [-0.2, 0) is 4.79 Å². The Morgan fingerprint density at radius 2 is 2.05 bits per heavy atom. The molecule has 0 saturated carbocycles. The number of anilines is 1. The van der Waals surface area contributed by atoms with Gasteiger partial charge in [-0.15, -0.1) is 0 Å². The first-order valence-corrected chi connectivity index (χ1v) is 7.73. The van der Waals surface area contributed by atoms with Crippen LogP contribution in [0.4, 0.5) is 5.95 Å². The van der Waals surface area contributed by atoms with Crippen molar-refractivity contribution in [2.45, 2.75) is 59.3 Å². The fourth-order valence-corrected chi connectivity index (χ4v) is 2.24. The fraction of sp³-hybridized carbons (Fsp3) is 0.688. The summed E-state index contributed by atoms with van der Waals surface area (Å²) in [6.45, 7) is 9.08. The highest BCUT2D eigenvalue weighted by Crippen LogP contribution is 2.17. The second-order valence-corrected chi connectivity index (χ2v) is 5.83. The summed E-state index contributed by atoms with van der Waals surface area (Å²) >= 11 is 0. The molecule has 0 bridgehead atoms. The van der Waals surface area contributed by atoms with E-state index in [1.165, 1.54) is 0 Å². The molecule has 1 aromatic rings. The average molecular weight is 293 g/mol. The van der Waals surface area contributed by atoms with E-state index in [1.807, 2.05) is 13.0 Å². The largest absolute Gasteiger partial charge is 0.481 e. The van der Waals surface area contributed by atoms with Crippen LogP contribution in [0.15, 0.2) is 6.07 Å². The molecule has 1 unspecified atom stereocenters. The van der Waals surface area contributed by atoms with Gasteiger partial charge in [0.05, 0.1) is 0 Å². The molecule has 1 rings (SSSR count). The number of nitrogens with one attached hydrogen (secondary N) is 1. The number of hydrogen-bond acceptors (Lipinski definition) is 4. The lowest BCUT2D eigenvalue weighted by molar-refractivity contribution is -0.137. The molecule has 0 fully saturated rings. The number of rotatable bonds is 9. The van der Waals surface area contributed by atoms with Crippen LogP contribution >= 0.6 is 0 Å². The molecule has 0 spiro atoms. The Hall–Kier alpha value is -1.65. The van der Waals surface area contributed by atoms with Crippen LogP contribution in [0.2, 0.25) is 0 Å². The number of carbonyl (C=O) groups is 1. The van der Waals surface area contributed by atoms with E-state index in [-0.39, 0.29) is 6.42 Å². The van der Waals surface area contributed by atoms with Gasteiger partial charge in [0.2, 0.25) is 5.95 Å². The van der Waals surface area contributed by atoms with Gasteiger partial charge in [0, 0.05) is 24.4 Å². The van der Waals surface area contributed by atoms with Gasteiger partial charge < -0.3 is 10.4 Å². The van der Waals surface area contributed by atoms with Gasteiger partial charge in [-0.1, -0.05) is 27.2 Å². The van der Waals surface area contributed by atoms with E-state index < -0.39 is 5.97 Å². The molecule has 0 aliphatic carbocycles. The SMILES string of the molecule is CCC(CCNc1nc(C)cc(C(C)C)n1)CCC(=O)O. The van der Waals surface area contributed by atoms with Gasteiger partial charge in [0.25, 0.3) is 0 Å². The third kappa shape index (κ3) is 6.56.